The van der Waals surface area contributed by atoms with E-state index >= 15 is 0 Å². The van der Waals surface area contributed by atoms with Gasteiger partial charge in [0, 0.05) is 26.6 Å². The van der Waals surface area contributed by atoms with Gasteiger partial charge in [0.25, 0.3) is 0 Å². The summed E-state index contributed by atoms with van der Waals surface area (Å²) in [5.41, 5.74) is 0. The Hall–Kier alpha value is -1.27. The largest absolute Gasteiger partial charge is 0.462 e. The van der Waals surface area contributed by atoms with Crippen LogP contribution in [0.4, 0.5) is 0 Å². The zero-order valence-electron chi connectivity index (χ0n) is 11.3. The zero-order valence-corrected chi connectivity index (χ0v) is 11.3. The van der Waals surface area contributed by atoms with Gasteiger partial charge in [-0.15, -0.1) is 0 Å². The van der Waals surface area contributed by atoms with Crippen LogP contribution in [0.2, 0.25) is 0 Å². The van der Waals surface area contributed by atoms with E-state index in [4.69, 9.17) is 14.2 Å². The molecule has 0 radical (unpaired) electrons. The Kier molecular flexibility index (Phi) is 6.53. The number of carbonyl (C=O) groups excluding carboxylic acids is 1. The Bertz CT molecular complexity index is 283. The van der Waals surface area contributed by atoms with Crippen molar-refractivity contribution in [3.8, 4) is 0 Å². The predicted octanol–water partition coefficient (Wildman–Crippen LogP) is 0.257. The van der Waals surface area contributed by atoms with Gasteiger partial charge in [-0.3, -0.25) is 4.79 Å². The summed E-state index contributed by atoms with van der Waals surface area (Å²) in [6, 6.07) is 0. The standard InChI is InChI=1S/C12H22N2O4/c1-11-13(2)4-5-14(11)10-12(15)18-9-8-17-7-6-16-3/h4-5,11H,6-10H2,1-3H3. The smallest absolute Gasteiger partial charge is 0.325 e. The highest BCUT2D eigenvalue weighted by Crippen LogP contribution is 2.12. The van der Waals surface area contributed by atoms with E-state index < -0.39 is 0 Å². The topological polar surface area (TPSA) is 51.2 Å². The zero-order chi connectivity index (χ0) is 13.4. The average molecular weight is 258 g/mol. The summed E-state index contributed by atoms with van der Waals surface area (Å²) < 4.78 is 15.1. The van der Waals surface area contributed by atoms with Crippen LogP contribution in [0.5, 0.6) is 0 Å². The van der Waals surface area contributed by atoms with E-state index in [0.717, 1.165) is 0 Å². The molecule has 6 heteroatoms. The molecule has 0 saturated carbocycles. The molecule has 0 aromatic heterocycles. The molecule has 104 valence electrons. The Morgan fingerprint density at radius 3 is 2.56 bits per heavy atom. The van der Waals surface area contributed by atoms with Gasteiger partial charge in [0.1, 0.15) is 13.2 Å². The monoisotopic (exact) mass is 258 g/mol. The fraction of sp³-hybridized carbons (Fsp3) is 0.750. The van der Waals surface area contributed by atoms with Crippen molar-refractivity contribution < 1.29 is 19.0 Å². The van der Waals surface area contributed by atoms with Crippen LogP contribution >= 0.6 is 0 Å². The van der Waals surface area contributed by atoms with E-state index in [0.29, 0.717) is 19.8 Å². The molecule has 0 aromatic rings. The molecule has 0 spiro atoms. The van der Waals surface area contributed by atoms with Crippen LogP contribution < -0.4 is 0 Å². The maximum atomic E-state index is 11.5. The van der Waals surface area contributed by atoms with Crippen molar-refractivity contribution in [2.45, 2.75) is 13.1 Å². The molecule has 1 rings (SSSR count). The summed E-state index contributed by atoms with van der Waals surface area (Å²) in [4.78, 5) is 15.5. The van der Waals surface area contributed by atoms with Gasteiger partial charge in [-0.1, -0.05) is 0 Å². The van der Waals surface area contributed by atoms with E-state index in [1.165, 1.54) is 0 Å². The number of carbonyl (C=O) groups is 1. The second-order valence-corrected chi connectivity index (χ2v) is 4.09. The molecule has 1 atom stereocenters. The molecular weight excluding hydrogens is 236 g/mol. The number of rotatable bonds is 8. The molecule has 1 heterocycles. The average Bonchev–Trinajstić information content (AvgIpc) is 2.65. The first-order valence-electron chi connectivity index (χ1n) is 6.03. The van der Waals surface area contributed by atoms with Crippen LogP contribution in [0.15, 0.2) is 12.4 Å². The summed E-state index contributed by atoms with van der Waals surface area (Å²) in [6.45, 7) is 4.05. The summed E-state index contributed by atoms with van der Waals surface area (Å²) in [5, 5.41) is 0. The summed E-state index contributed by atoms with van der Waals surface area (Å²) >= 11 is 0. The molecule has 0 aliphatic carbocycles. The number of hydrogen-bond donors (Lipinski definition) is 0. The quantitative estimate of drug-likeness (QED) is 0.460. The third-order valence-corrected chi connectivity index (χ3v) is 2.80. The highest BCUT2D eigenvalue weighted by Gasteiger charge is 2.21. The van der Waals surface area contributed by atoms with Gasteiger partial charge in [-0.05, 0) is 6.92 Å². The molecule has 0 N–H and O–H groups in total. The minimum Gasteiger partial charge on any atom is -0.462 e. The van der Waals surface area contributed by atoms with Crippen molar-refractivity contribution in [1.29, 1.82) is 0 Å². The van der Waals surface area contributed by atoms with Gasteiger partial charge in [0.2, 0.25) is 0 Å². The van der Waals surface area contributed by atoms with Crippen molar-refractivity contribution in [3.63, 3.8) is 0 Å². The van der Waals surface area contributed by atoms with Crippen LogP contribution in [-0.4, -0.2) is 69.1 Å². The lowest BCUT2D eigenvalue weighted by atomic mass is 10.4. The Morgan fingerprint density at radius 2 is 1.94 bits per heavy atom. The van der Waals surface area contributed by atoms with Crippen LogP contribution in [0.1, 0.15) is 6.92 Å². The maximum Gasteiger partial charge on any atom is 0.325 e. The van der Waals surface area contributed by atoms with Crippen LogP contribution in [-0.2, 0) is 19.0 Å². The molecule has 0 bridgehead atoms. The van der Waals surface area contributed by atoms with E-state index in [9.17, 15) is 4.79 Å². The van der Waals surface area contributed by atoms with Crippen molar-refractivity contribution in [2.75, 3.05) is 47.1 Å². The van der Waals surface area contributed by atoms with E-state index in [-0.39, 0.29) is 25.3 Å². The van der Waals surface area contributed by atoms with Crippen LogP contribution in [0, 0.1) is 0 Å². The Balaban J connectivity index is 2.06. The molecular formula is C12H22N2O4. The highest BCUT2D eigenvalue weighted by molar-refractivity contribution is 5.71. The van der Waals surface area contributed by atoms with Gasteiger partial charge >= 0.3 is 5.97 Å². The second-order valence-electron chi connectivity index (χ2n) is 4.09. The fourth-order valence-corrected chi connectivity index (χ4v) is 1.51. The molecule has 1 aliphatic rings. The first kappa shape index (κ1) is 14.8. The van der Waals surface area contributed by atoms with Gasteiger partial charge in [-0.2, -0.15) is 0 Å². The first-order valence-corrected chi connectivity index (χ1v) is 6.03. The number of nitrogens with zero attached hydrogens (tertiary/aromatic N) is 2. The number of hydrogen-bond acceptors (Lipinski definition) is 6. The Morgan fingerprint density at radius 1 is 1.22 bits per heavy atom. The van der Waals surface area contributed by atoms with Gasteiger partial charge in [-0.25, -0.2) is 0 Å². The van der Waals surface area contributed by atoms with Gasteiger partial charge < -0.3 is 24.0 Å². The molecule has 0 amide bonds. The molecule has 1 unspecified atom stereocenters. The number of ether oxygens (including phenoxy) is 3. The highest BCUT2D eigenvalue weighted by atomic mass is 16.6. The third kappa shape index (κ3) is 4.93. The van der Waals surface area contributed by atoms with Crippen molar-refractivity contribution >= 4 is 5.97 Å². The van der Waals surface area contributed by atoms with Crippen molar-refractivity contribution in [2.24, 2.45) is 0 Å². The minimum absolute atomic E-state index is 0.190. The van der Waals surface area contributed by atoms with E-state index in [1.54, 1.807) is 7.11 Å². The number of methoxy groups -OCH3 is 1. The van der Waals surface area contributed by atoms with E-state index in [2.05, 4.69) is 0 Å². The van der Waals surface area contributed by atoms with Crippen LogP contribution in [0.25, 0.3) is 0 Å². The van der Waals surface area contributed by atoms with Gasteiger partial charge in [0.15, 0.2) is 0 Å². The molecule has 1 aliphatic heterocycles. The van der Waals surface area contributed by atoms with Crippen LogP contribution in [0.3, 0.4) is 0 Å². The first-order chi connectivity index (χ1) is 8.65. The summed E-state index contributed by atoms with van der Waals surface area (Å²) in [6.07, 6.45) is 4.02. The maximum absolute atomic E-state index is 11.5. The number of esters is 1. The molecule has 0 fully saturated rings. The lowest BCUT2D eigenvalue weighted by Gasteiger charge is -2.25. The summed E-state index contributed by atoms with van der Waals surface area (Å²) in [5.74, 6) is -0.239. The Labute approximate surface area is 108 Å². The normalized spacial score (nSPS) is 18.5. The molecule has 18 heavy (non-hydrogen) atoms. The third-order valence-electron chi connectivity index (χ3n) is 2.80. The molecule has 6 nitrogen and oxygen atoms in total. The fourth-order valence-electron chi connectivity index (χ4n) is 1.51. The lowest BCUT2D eigenvalue weighted by molar-refractivity contribution is -0.146. The SMILES string of the molecule is COCCOCCOC(=O)CN1C=CN(C)C1C. The molecule has 0 saturated heterocycles. The second kappa shape index (κ2) is 7.94. The van der Waals surface area contributed by atoms with Gasteiger partial charge in [0.05, 0.1) is 26.0 Å². The lowest BCUT2D eigenvalue weighted by Crippen LogP contribution is -2.37. The predicted molar refractivity (Wildman–Crippen MR) is 66.7 cm³/mol. The van der Waals surface area contributed by atoms with E-state index in [1.807, 2.05) is 36.2 Å². The molecule has 0 aromatic carbocycles. The minimum atomic E-state index is -0.239. The summed E-state index contributed by atoms with van der Waals surface area (Å²) in [7, 11) is 3.58. The van der Waals surface area contributed by atoms with Crippen molar-refractivity contribution in [1.82, 2.24) is 9.80 Å². The van der Waals surface area contributed by atoms with Crippen molar-refractivity contribution in [3.05, 3.63) is 12.4 Å².